The third-order valence-electron chi connectivity index (χ3n) is 6.79. The summed E-state index contributed by atoms with van der Waals surface area (Å²) in [6, 6.07) is 9.25. The molecule has 0 spiro atoms. The van der Waals surface area contributed by atoms with E-state index in [1.54, 1.807) is 4.90 Å². The number of carbonyl (C=O) groups is 2. The Balaban J connectivity index is 1.68. The van der Waals surface area contributed by atoms with Crippen molar-refractivity contribution in [1.82, 2.24) is 14.9 Å². The number of ketones is 1. The summed E-state index contributed by atoms with van der Waals surface area (Å²) in [5.74, 6) is -1.74. The molecule has 7 nitrogen and oxygen atoms in total. The molecular weight excluding hydrogens is 476 g/mol. The molecule has 1 aliphatic heterocycles. The molecule has 190 valence electrons. The third-order valence-corrected chi connectivity index (χ3v) is 6.79. The monoisotopic (exact) mass is 503 g/mol. The zero-order chi connectivity index (χ0) is 26.7. The number of nitrogen functional groups attached to an aromatic ring is 1. The highest BCUT2D eigenvalue weighted by Crippen LogP contribution is 2.35. The molecule has 0 aliphatic carbocycles. The Kier molecular flexibility index (Phi) is 7.52. The third kappa shape index (κ3) is 5.16. The fourth-order valence-electron chi connectivity index (χ4n) is 4.76. The quantitative estimate of drug-likeness (QED) is 0.296. The van der Waals surface area contributed by atoms with E-state index in [9.17, 15) is 14.0 Å². The van der Waals surface area contributed by atoms with Crippen molar-refractivity contribution in [3.05, 3.63) is 101 Å². The van der Waals surface area contributed by atoms with Gasteiger partial charge in [-0.05, 0) is 42.7 Å². The van der Waals surface area contributed by atoms with Crippen LogP contribution in [0, 0.1) is 17.6 Å². The summed E-state index contributed by atoms with van der Waals surface area (Å²) < 4.78 is 29.0. The van der Waals surface area contributed by atoms with Crippen LogP contribution in [-0.2, 0) is 4.79 Å². The second-order valence-corrected chi connectivity index (χ2v) is 8.95. The van der Waals surface area contributed by atoms with E-state index in [1.807, 2.05) is 6.92 Å². The average Bonchev–Trinajstić information content (AvgIpc) is 3.40. The second kappa shape index (κ2) is 10.8. The minimum atomic E-state index is -0.687. The summed E-state index contributed by atoms with van der Waals surface area (Å²) in [4.78, 5) is 39.5. The van der Waals surface area contributed by atoms with E-state index >= 15 is 4.39 Å². The summed E-state index contributed by atoms with van der Waals surface area (Å²) in [6.07, 6.45) is 3.43. The van der Waals surface area contributed by atoms with Gasteiger partial charge in [-0.3, -0.25) is 14.6 Å². The molecule has 2 N–H and O–H groups in total. The zero-order valence-electron chi connectivity index (χ0n) is 20.6. The molecule has 0 saturated carbocycles. The standard InChI is InChI=1S/C28H27F2N5O2/c1-4-23(36)35-11-10-19(14-35)16(2)25-24(28(31)34-15-33-25)26(32-3)21-9-8-18(13-22(21)30)27(37)17-6-5-7-20(29)12-17/h4-9,12-13,15-16,19H,1,10-11,14H2,2-3H3,(H2,31,33,34). The molecule has 2 aromatic carbocycles. The number of benzene rings is 2. The number of aromatic nitrogens is 2. The highest BCUT2D eigenvalue weighted by atomic mass is 19.1. The van der Waals surface area contributed by atoms with Crippen LogP contribution in [0.3, 0.4) is 0 Å². The molecule has 1 fully saturated rings. The van der Waals surface area contributed by atoms with Gasteiger partial charge in [-0.1, -0.05) is 31.7 Å². The largest absolute Gasteiger partial charge is 0.383 e. The number of amides is 1. The first-order valence-electron chi connectivity index (χ1n) is 11.8. The van der Waals surface area contributed by atoms with Crippen molar-refractivity contribution in [2.24, 2.45) is 10.9 Å². The number of hydrogen-bond acceptors (Lipinski definition) is 6. The van der Waals surface area contributed by atoms with Crippen LogP contribution in [0.15, 0.2) is 66.4 Å². The highest BCUT2D eigenvalue weighted by molar-refractivity contribution is 6.17. The molecule has 9 heteroatoms. The van der Waals surface area contributed by atoms with E-state index in [0.717, 1.165) is 18.6 Å². The van der Waals surface area contributed by atoms with Crippen molar-refractivity contribution >= 4 is 23.2 Å². The molecule has 1 saturated heterocycles. The summed E-state index contributed by atoms with van der Waals surface area (Å²) in [6.45, 7) is 6.70. The number of anilines is 1. The predicted octanol–water partition coefficient (Wildman–Crippen LogP) is 4.17. The lowest BCUT2D eigenvalue weighted by atomic mass is 9.85. The number of nitrogens with two attached hydrogens (primary N) is 1. The van der Waals surface area contributed by atoms with Crippen LogP contribution in [0.2, 0.25) is 0 Å². The fraction of sp³-hybridized carbons (Fsp3) is 0.250. The smallest absolute Gasteiger partial charge is 0.245 e. The Morgan fingerprint density at radius 1 is 1.19 bits per heavy atom. The number of carbonyl (C=O) groups excluding carboxylic acids is 2. The lowest BCUT2D eigenvalue weighted by Crippen LogP contribution is -2.28. The molecule has 0 radical (unpaired) electrons. The van der Waals surface area contributed by atoms with E-state index in [-0.39, 0.29) is 46.0 Å². The molecule has 2 unspecified atom stereocenters. The van der Waals surface area contributed by atoms with Gasteiger partial charge in [0, 0.05) is 42.7 Å². The van der Waals surface area contributed by atoms with Gasteiger partial charge in [-0.25, -0.2) is 18.7 Å². The SMILES string of the molecule is C=CC(=O)N1CCC(C(C)c2ncnc(N)c2C(=NC)c2ccc(C(=O)c3cccc(F)c3)cc2F)C1. The number of likely N-dealkylation sites (tertiary alicyclic amines) is 1. The molecule has 1 aromatic heterocycles. The lowest BCUT2D eigenvalue weighted by Gasteiger charge is -2.23. The number of nitrogens with zero attached hydrogens (tertiary/aromatic N) is 4. The van der Waals surface area contributed by atoms with E-state index in [1.165, 1.54) is 49.8 Å². The fourth-order valence-corrected chi connectivity index (χ4v) is 4.76. The van der Waals surface area contributed by atoms with Crippen molar-refractivity contribution in [1.29, 1.82) is 0 Å². The molecule has 1 amide bonds. The topological polar surface area (TPSA) is 102 Å². The minimum Gasteiger partial charge on any atom is -0.383 e. The number of hydrogen-bond donors (Lipinski definition) is 1. The van der Waals surface area contributed by atoms with Crippen LogP contribution in [0.25, 0.3) is 0 Å². The van der Waals surface area contributed by atoms with E-state index in [2.05, 4.69) is 21.5 Å². The first-order chi connectivity index (χ1) is 17.7. The highest BCUT2D eigenvalue weighted by Gasteiger charge is 2.33. The Labute approximate surface area is 213 Å². The molecule has 1 aliphatic rings. The minimum absolute atomic E-state index is 0.0751. The van der Waals surface area contributed by atoms with Crippen LogP contribution < -0.4 is 5.73 Å². The average molecular weight is 504 g/mol. The lowest BCUT2D eigenvalue weighted by molar-refractivity contribution is -0.125. The van der Waals surface area contributed by atoms with Gasteiger partial charge in [0.1, 0.15) is 23.8 Å². The maximum absolute atomic E-state index is 15.4. The molecule has 37 heavy (non-hydrogen) atoms. The van der Waals surface area contributed by atoms with Crippen molar-refractivity contribution in [2.75, 3.05) is 25.9 Å². The van der Waals surface area contributed by atoms with Crippen molar-refractivity contribution in [3.8, 4) is 0 Å². The normalized spacial score (nSPS) is 16.5. The Bertz CT molecular complexity index is 1410. The molecular formula is C28H27F2N5O2. The van der Waals surface area contributed by atoms with Crippen molar-refractivity contribution < 1.29 is 18.4 Å². The Hall–Kier alpha value is -4.27. The molecule has 4 rings (SSSR count). The van der Waals surface area contributed by atoms with Gasteiger partial charge in [-0.2, -0.15) is 0 Å². The maximum Gasteiger partial charge on any atom is 0.245 e. The Morgan fingerprint density at radius 3 is 2.62 bits per heavy atom. The summed E-state index contributed by atoms with van der Waals surface area (Å²) >= 11 is 0. The van der Waals surface area contributed by atoms with Gasteiger partial charge in [0.2, 0.25) is 5.91 Å². The first-order valence-corrected chi connectivity index (χ1v) is 11.8. The summed E-state index contributed by atoms with van der Waals surface area (Å²) in [5, 5.41) is 0. The second-order valence-electron chi connectivity index (χ2n) is 8.95. The summed E-state index contributed by atoms with van der Waals surface area (Å²) in [7, 11) is 1.52. The van der Waals surface area contributed by atoms with Crippen molar-refractivity contribution in [3.63, 3.8) is 0 Å². The predicted molar refractivity (Wildman–Crippen MR) is 138 cm³/mol. The van der Waals surface area contributed by atoms with Crippen LogP contribution >= 0.6 is 0 Å². The molecule has 2 atom stereocenters. The molecule has 0 bridgehead atoms. The Morgan fingerprint density at radius 2 is 1.95 bits per heavy atom. The summed E-state index contributed by atoms with van der Waals surface area (Å²) in [5.41, 5.74) is 7.85. The van der Waals surface area contributed by atoms with Crippen LogP contribution in [0.4, 0.5) is 14.6 Å². The molecule has 2 heterocycles. The zero-order valence-corrected chi connectivity index (χ0v) is 20.6. The van der Waals surface area contributed by atoms with E-state index in [4.69, 9.17) is 5.73 Å². The van der Waals surface area contributed by atoms with Gasteiger partial charge in [0.05, 0.1) is 17.0 Å². The first kappa shape index (κ1) is 25.8. The van der Waals surface area contributed by atoms with Gasteiger partial charge in [0.15, 0.2) is 5.78 Å². The number of halogens is 2. The number of aliphatic imine (C=N–C) groups is 1. The van der Waals surface area contributed by atoms with E-state index < -0.39 is 17.4 Å². The van der Waals surface area contributed by atoms with Gasteiger partial charge in [0.25, 0.3) is 0 Å². The number of rotatable bonds is 7. The van der Waals surface area contributed by atoms with Crippen LogP contribution in [-0.4, -0.2) is 52.4 Å². The van der Waals surface area contributed by atoms with Crippen molar-refractivity contribution in [2.45, 2.75) is 19.3 Å². The van der Waals surface area contributed by atoms with Gasteiger partial charge >= 0.3 is 0 Å². The molecule has 3 aromatic rings. The van der Waals surface area contributed by atoms with Crippen LogP contribution in [0.1, 0.15) is 52.0 Å². The van der Waals surface area contributed by atoms with E-state index in [0.29, 0.717) is 24.3 Å². The van der Waals surface area contributed by atoms with Gasteiger partial charge < -0.3 is 10.6 Å². The van der Waals surface area contributed by atoms with Gasteiger partial charge in [-0.15, -0.1) is 0 Å². The van der Waals surface area contributed by atoms with Crippen LogP contribution in [0.5, 0.6) is 0 Å². The maximum atomic E-state index is 15.4.